The molecular weight excluding hydrogens is 471 g/mol. The molecule has 0 aromatic carbocycles. The SMILES string of the molecule is CCN1CCCC1CN=C(N)NCCN1CCN(C(=O)OC(C)(C)C)CC1.I. The predicted molar refractivity (Wildman–Crippen MR) is 124 cm³/mol. The Morgan fingerprint density at radius 1 is 1.21 bits per heavy atom. The third kappa shape index (κ3) is 8.69. The van der Waals surface area contributed by atoms with E-state index in [9.17, 15) is 4.79 Å². The van der Waals surface area contributed by atoms with Crippen molar-refractivity contribution in [3.05, 3.63) is 0 Å². The zero-order valence-corrected chi connectivity index (χ0v) is 20.3. The number of carbonyl (C=O) groups excluding carboxylic acids is 1. The second kappa shape index (κ2) is 12.0. The minimum Gasteiger partial charge on any atom is -0.444 e. The molecule has 2 saturated heterocycles. The molecule has 1 atom stereocenters. The van der Waals surface area contributed by atoms with Gasteiger partial charge in [0, 0.05) is 45.3 Å². The number of ether oxygens (including phenoxy) is 1. The number of nitrogens with one attached hydrogen (secondary N) is 1. The molecule has 2 aliphatic heterocycles. The van der Waals surface area contributed by atoms with Gasteiger partial charge in [-0.1, -0.05) is 6.92 Å². The highest BCUT2D eigenvalue weighted by atomic mass is 127. The van der Waals surface area contributed by atoms with Crippen molar-refractivity contribution in [3.63, 3.8) is 0 Å². The number of rotatable bonds is 6. The number of hydrogen-bond donors (Lipinski definition) is 2. The van der Waals surface area contributed by atoms with Crippen LogP contribution in [0, 0.1) is 0 Å². The van der Waals surface area contributed by atoms with Gasteiger partial charge in [-0.05, 0) is 46.7 Å². The lowest BCUT2D eigenvalue weighted by Crippen LogP contribution is -2.51. The summed E-state index contributed by atoms with van der Waals surface area (Å²) in [5.41, 5.74) is 5.56. The van der Waals surface area contributed by atoms with E-state index in [0.29, 0.717) is 25.1 Å². The van der Waals surface area contributed by atoms with Crippen LogP contribution in [-0.4, -0.2) is 97.3 Å². The first-order valence-corrected chi connectivity index (χ1v) is 10.3. The number of carbonyl (C=O) groups is 1. The van der Waals surface area contributed by atoms with Gasteiger partial charge < -0.3 is 20.7 Å². The fourth-order valence-corrected chi connectivity index (χ4v) is 3.60. The highest BCUT2D eigenvalue weighted by Crippen LogP contribution is 2.16. The molecule has 9 heteroatoms. The Morgan fingerprint density at radius 2 is 1.89 bits per heavy atom. The lowest BCUT2D eigenvalue weighted by molar-refractivity contribution is 0.0147. The van der Waals surface area contributed by atoms with E-state index in [1.54, 1.807) is 4.90 Å². The zero-order chi connectivity index (χ0) is 19.9. The van der Waals surface area contributed by atoms with Crippen molar-refractivity contribution in [2.24, 2.45) is 10.7 Å². The third-order valence-corrected chi connectivity index (χ3v) is 5.14. The summed E-state index contributed by atoms with van der Waals surface area (Å²) >= 11 is 0. The molecule has 164 valence electrons. The van der Waals surface area contributed by atoms with E-state index in [0.717, 1.165) is 39.3 Å². The lowest BCUT2D eigenvalue weighted by Gasteiger charge is -2.35. The van der Waals surface area contributed by atoms with Crippen molar-refractivity contribution in [1.29, 1.82) is 0 Å². The first-order valence-electron chi connectivity index (χ1n) is 10.3. The number of aliphatic imine (C=N–C) groups is 1. The van der Waals surface area contributed by atoms with Gasteiger partial charge in [-0.15, -0.1) is 24.0 Å². The Kier molecular flexibility index (Phi) is 10.8. The summed E-state index contributed by atoms with van der Waals surface area (Å²) in [7, 11) is 0. The standard InChI is InChI=1S/C19H38N6O2.HI/c1-5-24-9-6-7-16(24)15-22-17(20)21-8-10-23-11-13-25(14-12-23)18(26)27-19(2,3)4;/h16H,5-15H2,1-4H3,(H3,20,21,22);1H. The Bertz CT molecular complexity index is 503. The number of likely N-dealkylation sites (N-methyl/N-ethyl adjacent to an activating group) is 1. The van der Waals surface area contributed by atoms with Crippen LogP contribution in [0.3, 0.4) is 0 Å². The van der Waals surface area contributed by atoms with E-state index in [-0.39, 0.29) is 30.1 Å². The third-order valence-electron chi connectivity index (χ3n) is 5.14. The molecule has 0 aromatic rings. The molecule has 0 saturated carbocycles. The van der Waals surface area contributed by atoms with Gasteiger partial charge in [0.05, 0.1) is 6.54 Å². The average Bonchev–Trinajstić information content (AvgIpc) is 3.06. The van der Waals surface area contributed by atoms with Crippen molar-refractivity contribution in [2.75, 3.05) is 58.9 Å². The van der Waals surface area contributed by atoms with Gasteiger partial charge in [0.1, 0.15) is 5.60 Å². The first kappa shape index (κ1) is 25.2. The van der Waals surface area contributed by atoms with Gasteiger partial charge in [-0.3, -0.25) is 14.8 Å². The fraction of sp³-hybridized carbons (Fsp3) is 0.895. The molecule has 0 radical (unpaired) electrons. The second-order valence-corrected chi connectivity index (χ2v) is 8.39. The molecule has 1 unspecified atom stereocenters. The average molecular weight is 510 g/mol. The monoisotopic (exact) mass is 510 g/mol. The van der Waals surface area contributed by atoms with E-state index in [1.165, 1.54) is 19.4 Å². The number of guanidine groups is 1. The largest absolute Gasteiger partial charge is 0.444 e. The number of likely N-dealkylation sites (tertiary alicyclic amines) is 1. The lowest BCUT2D eigenvalue weighted by atomic mass is 10.2. The van der Waals surface area contributed by atoms with E-state index in [2.05, 4.69) is 27.0 Å². The van der Waals surface area contributed by atoms with Crippen LogP contribution in [0.5, 0.6) is 0 Å². The fourth-order valence-electron chi connectivity index (χ4n) is 3.60. The number of halogens is 1. The maximum atomic E-state index is 12.1. The smallest absolute Gasteiger partial charge is 0.410 e. The van der Waals surface area contributed by atoms with Crippen LogP contribution >= 0.6 is 24.0 Å². The maximum absolute atomic E-state index is 12.1. The quantitative estimate of drug-likeness (QED) is 0.321. The predicted octanol–water partition coefficient (Wildman–Crippen LogP) is 1.55. The van der Waals surface area contributed by atoms with Crippen LogP contribution in [0.1, 0.15) is 40.5 Å². The van der Waals surface area contributed by atoms with Gasteiger partial charge in [0.25, 0.3) is 0 Å². The van der Waals surface area contributed by atoms with Crippen molar-refractivity contribution >= 4 is 36.0 Å². The summed E-state index contributed by atoms with van der Waals surface area (Å²) in [6, 6.07) is 0.538. The zero-order valence-electron chi connectivity index (χ0n) is 17.9. The Balaban J connectivity index is 0.00000392. The summed E-state index contributed by atoms with van der Waals surface area (Å²) in [6.07, 6.45) is 2.26. The molecule has 0 aromatic heterocycles. The van der Waals surface area contributed by atoms with E-state index in [4.69, 9.17) is 10.5 Å². The van der Waals surface area contributed by atoms with Gasteiger partial charge in [-0.2, -0.15) is 0 Å². The Labute approximate surface area is 187 Å². The molecule has 0 spiro atoms. The van der Waals surface area contributed by atoms with Crippen LogP contribution in [0.15, 0.2) is 4.99 Å². The summed E-state index contributed by atoms with van der Waals surface area (Å²) in [5.74, 6) is 0.533. The molecule has 2 aliphatic rings. The molecule has 2 fully saturated rings. The minimum atomic E-state index is -0.443. The first-order chi connectivity index (χ1) is 12.8. The number of nitrogens with two attached hydrogens (primary N) is 1. The van der Waals surface area contributed by atoms with Crippen LogP contribution in [0.2, 0.25) is 0 Å². The molecule has 2 heterocycles. The number of piperazine rings is 1. The Hall–Kier alpha value is -0.810. The molecule has 28 heavy (non-hydrogen) atoms. The molecule has 0 aliphatic carbocycles. The van der Waals surface area contributed by atoms with E-state index >= 15 is 0 Å². The van der Waals surface area contributed by atoms with Crippen LogP contribution < -0.4 is 11.1 Å². The minimum absolute atomic E-state index is 0. The molecular formula is C19H39IN6O2. The topological polar surface area (TPSA) is 86.4 Å². The van der Waals surface area contributed by atoms with Crippen molar-refractivity contribution in [1.82, 2.24) is 20.0 Å². The molecule has 8 nitrogen and oxygen atoms in total. The number of nitrogens with zero attached hydrogens (tertiary/aromatic N) is 4. The van der Waals surface area contributed by atoms with Crippen molar-refractivity contribution in [3.8, 4) is 0 Å². The van der Waals surface area contributed by atoms with Gasteiger partial charge >= 0.3 is 6.09 Å². The van der Waals surface area contributed by atoms with E-state index in [1.807, 2.05) is 20.8 Å². The van der Waals surface area contributed by atoms with E-state index < -0.39 is 5.60 Å². The van der Waals surface area contributed by atoms with Crippen molar-refractivity contribution < 1.29 is 9.53 Å². The summed E-state index contributed by atoms with van der Waals surface area (Å²) in [4.78, 5) is 23.2. The second-order valence-electron chi connectivity index (χ2n) is 8.39. The number of hydrogen-bond acceptors (Lipinski definition) is 5. The van der Waals surface area contributed by atoms with Gasteiger partial charge in [-0.25, -0.2) is 4.79 Å². The summed E-state index contributed by atoms with van der Waals surface area (Å²) in [5, 5.41) is 3.21. The molecule has 0 bridgehead atoms. The summed E-state index contributed by atoms with van der Waals surface area (Å²) in [6.45, 7) is 15.7. The van der Waals surface area contributed by atoms with Gasteiger partial charge in [0.15, 0.2) is 5.96 Å². The van der Waals surface area contributed by atoms with Gasteiger partial charge in [0.2, 0.25) is 0 Å². The van der Waals surface area contributed by atoms with Crippen LogP contribution in [-0.2, 0) is 4.74 Å². The Morgan fingerprint density at radius 3 is 2.50 bits per heavy atom. The highest BCUT2D eigenvalue weighted by Gasteiger charge is 2.25. The molecule has 2 rings (SSSR count). The van der Waals surface area contributed by atoms with Crippen LogP contribution in [0.25, 0.3) is 0 Å². The highest BCUT2D eigenvalue weighted by molar-refractivity contribution is 14.0. The van der Waals surface area contributed by atoms with Crippen molar-refractivity contribution in [2.45, 2.75) is 52.2 Å². The maximum Gasteiger partial charge on any atom is 0.410 e. The number of amides is 1. The molecule has 3 N–H and O–H groups in total. The van der Waals surface area contributed by atoms with Crippen LogP contribution in [0.4, 0.5) is 4.79 Å². The normalized spacial score (nSPS) is 22.1. The summed E-state index contributed by atoms with van der Waals surface area (Å²) < 4.78 is 5.43. The molecule has 1 amide bonds.